The van der Waals surface area contributed by atoms with Gasteiger partial charge in [0, 0.05) is 15.3 Å². The molecule has 0 saturated heterocycles. The molecule has 1 heterocycles. The van der Waals surface area contributed by atoms with Gasteiger partial charge in [-0.05, 0) is 46.9 Å². The lowest BCUT2D eigenvalue weighted by Gasteiger charge is -2.11. The molecule has 1 aromatic heterocycles. The van der Waals surface area contributed by atoms with Gasteiger partial charge >= 0.3 is 0 Å². The highest BCUT2D eigenvalue weighted by molar-refractivity contribution is 14.1. The average Bonchev–Trinajstić information content (AvgIpc) is 2.33. The number of aromatic nitrogens is 1. The summed E-state index contributed by atoms with van der Waals surface area (Å²) in [7, 11) is 0. The van der Waals surface area contributed by atoms with E-state index in [0.29, 0.717) is 11.3 Å². The molecule has 0 spiro atoms. The molecule has 0 fully saturated rings. The molecule has 0 aliphatic rings. The number of thiocarbonyl (C=S) groups is 1. The molecule has 1 aromatic carbocycles. The Labute approximate surface area is 123 Å². The van der Waals surface area contributed by atoms with E-state index in [-0.39, 0.29) is 10.8 Å². The monoisotopic (exact) mass is 373 g/mol. The summed E-state index contributed by atoms with van der Waals surface area (Å²) in [5.41, 5.74) is 7.82. The van der Waals surface area contributed by atoms with Crippen LogP contribution in [0.15, 0.2) is 36.7 Å². The molecule has 0 aliphatic carbocycles. The minimum absolute atomic E-state index is 0.272. The van der Waals surface area contributed by atoms with Crippen LogP contribution in [-0.4, -0.2) is 9.97 Å². The van der Waals surface area contributed by atoms with Crippen LogP contribution in [0.3, 0.4) is 0 Å². The number of rotatable bonds is 3. The van der Waals surface area contributed by atoms with Crippen molar-refractivity contribution in [1.82, 2.24) is 4.98 Å². The van der Waals surface area contributed by atoms with Crippen molar-refractivity contribution in [1.29, 1.82) is 0 Å². The first kappa shape index (κ1) is 13.2. The minimum atomic E-state index is -0.272. The number of nitrogens with one attached hydrogen (secondary N) is 1. The summed E-state index contributed by atoms with van der Waals surface area (Å²) in [5, 5.41) is 3.15. The predicted molar refractivity (Wildman–Crippen MR) is 82.5 cm³/mol. The molecule has 2 rings (SSSR count). The predicted octanol–water partition coefficient (Wildman–Crippen LogP) is 3.20. The van der Waals surface area contributed by atoms with Crippen molar-refractivity contribution >= 4 is 51.2 Å². The Balaban J connectivity index is 2.37. The lowest BCUT2D eigenvalue weighted by Crippen LogP contribution is -2.12. The smallest absolute Gasteiger partial charge is 0.124 e. The second kappa shape index (κ2) is 5.57. The maximum absolute atomic E-state index is 13.0. The third-order valence-electron chi connectivity index (χ3n) is 2.29. The summed E-state index contributed by atoms with van der Waals surface area (Å²) < 4.78 is 13.8. The van der Waals surface area contributed by atoms with Crippen LogP contribution < -0.4 is 11.1 Å². The van der Waals surface area contributed by atoms with Gasteiger partial charge in [0.25, 0.3) is 0 Å². The summed E-state index contributed by atoms with van der Waals surface area (Å²) in [4.78, 5) is 4.31. The standard InChI is InChI=1S/C12H9FIN3S/c13-7-1-2-10(9(14)5-7)17-11-6-16-4-3-8(11)12(15)18/h1-6,17H,(H2,15,18). The number of halogens is 2. The van der Waals surface area contributed by atoms with Crippen LogP contribution in [0.5, 0.6) is 0 Å². The molecule has 0 amide bonds. The molecular formula is C12H9FIN3S. The second-order valence-electron chi connectivity index (χ2n) is 3.53. The SMILES string of the molecule is NC(=S)c1ccncc1Nc1ccc(F)cc1I. The van der Waals surface area contributed by atoms with Gasteiger partial charge in [-0.2, -0.15) is 0 Å². The largest absolute Gasteiger partial charge is 0.389 e. The number of nitrogens with zero attached hydrogens (tertiary/aromatic N) is 1. The van der Waals surface area contributed by atoms with Crippen LogP contribution in [0.1, 0.15) is 5.56 Å². The first-order valence-corrected chi connectivity index (χ1v) is 6.52. The Morgan fingerprint density at radius 1 is 1.33 bits per heavy atom. The zero-order chi connectivity index (χ0) is 13.1. The molecule has 0 aliphatic heterocycles. The average molecular weight is 373 g/mol. The van der Waals surface area contributed by atoms with Gasteiger partial charge in [-0.1, -0.05) is 12.2 Å². The van der Waals surface area contributed by atoms with E-state index in [0.717, 1.165) is 9.26 Å². The van der Waals surface area contributed by atoms with E-state index < -0.39 is 0 Å². The van der Waals surface area contributed by atoms with Crippen LogP contribution in [0.4, 0.5) is 15.8 Å². The zero-order valence-corrected chi connectivity index (χ0v) is 12.1. The Kier molecular flexibility index (Phi) is 4.07. The highest BCUT2D eigenvalue weighted by atomic mass is 127. The normalized spacial score (nSPS) is 10.1. The number of anilines is 2. The van der Waals surface area contributed by atoms with Crippen LogP contribution in [-0.2, 0) is 0 Å². The van der Waals surface area contributed by atoms with Crippen molar-refractivity contribution < 1.29 is 4.39 Å². The molecule has 0 bridgehead atoms. The topological polar surface area (TPSA) is 50.9 Å². The third-order valence-corrected chi connectivity index (χ3v) is 3.40. The lowest BCUT2D eigenvalue weighted by molar-refractivity contribution is 0.627. The first-order chi connectivity index (χ1) is 8.58. The Hall–Kier alpha value is -1.28. The van der Waals surface area contributed by atoms with E-state index in [1.54, 1.807) is 24.5 Å². The van der Waals surface area contributed by atoms with Crippen molar-refractivity contribution in [3.8, 4) is 0 Å². The van der Waals surface area contributed by atoms with Crippen molar-refractivity contribution in [2.24, 2.45) is 5.73 Å². The molecule has 0 saturated carbocycles. The second-order valence-corrected chi connectivity index (χ2v) is 5.14. The zero-order valence-electron chi connectivity index (χ0n) is 9.15. The highest BCUT2D eigenvalue weighted by Gasteiger charge is 2.07. The van der Waals surface area contributed by atoms with E-state index >= 15 is 0 Å². The van der Waals surface area contributed by atoms with E-state index in [4.69, 9.17) is 18.0 Å². The van der Waals surface area contributed by atoms with E-state index in [1.807, 2.05) is 0 Å². The third kappa shape index (κ3) is 2.94. The number of hydrogen-bond acceptors (Lipinski definition) is 3. The summed E-state index contributed by atoms with van der Waals surface area (Å²) in [6.45, 7) is 0. The molecule has 0 unspecified atom stereocenters. The number of nitrogens with two attached hydrogens (primary N) is 1. The molecule has 0 atom stereocenters. The maximum atomic E-state index is 13.0. The Morgan fingerprint density at radius 3 is 2.78 bits per heavy atom. The van der Waals surface area contributed by atoms with Gasteiger partial charge < -0.3 is 11.1 Å². The van der Waals surface area contributed by atoms with Gasteiger partial charge in [0.1, 0.15) is 10.8 Å². The quantitative estimate of drug-likeness (QED) is 0.641. The first-order valence-electron chi connectivity index (χ1n) is 5.04. The lowest BCUT2D eigenvalue weighted by atomic mass is 10.2. The van der Waals surface area contributed by atoms with Crippen molar-refractivity contribution in [2.75, 3.05) is 5.32 Å². The van der Waals surface area contributed by atoms with E-state index in [1.165, 1.54) is 12.1 Å². The Morgan fingerprint density at radius 2 is 2.11 bits per heavy atom. The highest BCUT2D eigenvalue weighted by Crippen LogP contribution is 2.25. The van der Waals surface area contributed by atoms with Gasteiger partial charge in [0.05, 0.1) is 17.6 Å². The molecule has 18 heavy (non-hydrogen) atoms. The Bertz CT molecular complexity index is 604. The summed E-state index contributed by atoms with van der Waals surface area (Å²) in [5.74, 6) is -0.272. The van der Waals surface area contributed by atoms with Crippen LogP contribution in [0.25, 0.3) is 0 Å². The summed E-state index contributed by atoms with van der Waals surface area (Å²) in [6.07, 6.45) is 3.25. The molecule has 3 nitrogen and oxygen atoms in total. The maximum Gasteiger partial charge on any atom is 0.124 e. The fourth-order valence-electron chi connectivity index (χ4n) is 1.44. The fraction of sp³-hybridized carbons (Fsp3) is 0. The summed E-state index contributed by atoms with van der Waals surface area (Å²) in [6, 6.07) is 6.23. The molecule has 2 aromatic rings. The van der Waals surface area contributed by atoms with Crippen molar-refractivity contribution in [2.45, 2.75) is 0 Å². The van der Waals surface area contributed by atoms with Gasteiger partial charge in [-0.25, -0.2) is 4.39 Å². The van der Waals surface area contributed by atoms with Crippen LogP contribution in [0, 0.1) is 9.39 Å². The molecule has 92 valence electrons. The molecule has 3 N–H and O–H groups in total. The molecule has 0 radical (unpaired) electrons. The minimum Gasteiger partial charge on any atom is -0.389 e. The van der Waals surface area contributed by atoms with Crippen LogP contribution >= 0.6 is 34.8 Å². The van der Waals surface area contributed by atoms with E-state index in [2.05, 4.69) is 32.9 Å². The van der Waals surface area contributed by atoms with Gasteiger partial charge in [-0.3, -0.25) is 4.98 Å². The van der Waals surface area contributed by atoms with Crippen LogP contribution in [0.2, 0.25) is 0 Å². The van der Waals surface area contributed by atoms with E-state index in [9.17, 15) is 4.39 Å². The number of hydrogen-bond donors (Lipinski definition) is 2. The van der Waals surface area contributed by atoms with Crippen molar-refractivity contribution in [3.63, 3.8) is 0 Å². The number of pyridine rings is 1. The molecular weight excluding hydrogens is 364 g/mol. The van der Waals surface area contributed by atoms with Gasteiger partial charge in [0.2, 0.25) is 0 Å². The van der Waals surface area contributed by atoms with Gasteiger partial charge in [0.15, 0.2) is 0 Å². The van der Waals surface area contributed by atoms with Crippen molar-refractivity contribution in [3.05, 3.63) is 51.6 Å². The number of benzene rings is 1. The summed E-state index contributed by atoms with van der Waals surface area (Å²) >= 11 is 7.02. The fourth-order valence-corrected chi connectivity index (χ4v) is 2.23. The van der Waals surface area contributed by atoms with Gasteiger partial charge in [-0.15, -0.1) is 0 Å². The molecule has 6 heteroatoms.